The molecular weight excluding hydrogens is 207 g/mol. The molecular formula is C8H13O5P. The summed E-state index contributed by atoms with van der Waals surface area (Å²) in [7, 11) is -2.20. The summed E-state index contributed by atoms with van der Waals surface area (Å²) in [5.41, 5.74) is 0. The first-order valence-electron chi connectivity index (χ1n) is 4.27. The number of carbonyl (C=O) groups excluding carboxylic acids is 1. The molecule has 5 nitrogen and oxygen atoms in total. The van der Waals surface area contributed by atoms with Crippen molar-refractivity contribution in [3.63, 3.8) is 0 Å². The Hall–Kier alpha value is -0.640. The van der Waals surface area contributed by atoms with Crippen molar-refractivity contribution in [1.29, 1.82) is 0 Å². The lowest BCUT2D eigenvalue weighted by molar-refractivity contribution is -0.135. The molecule has 0 fully saturated rings. The van der Waals surface area contributed by atoms with Crippen molar-refractivity contribution in [2.24, 2.45) is 0 Å². The van der Waals surface area contributed by atoms with Gasteiger partial charge in [0.1, 0.15) is 5.31 Å². The van der Waals surface area contributed by atoms with Crippen LogP contribution in [-0.4, -0.2) is 25.8 Å². The third-order valence-electron chi connectivity index (χ3n) is 1.69. The van der Waals surface area contributed by atoms with Gasteiger partial charge in [-0.15, -0.1) is 0 Å². The second-order valence-electron chi connectivity index (χ2n) is 2.77. The summed E-state index contributed by atoms with van der Waals surface area (Å²) < 4.78 is 26.5. The first kappa shape index (κ1) is 11.4. The number of carbonyl (C=O) groups is 1. The second-order valence-corrected chi connectivity index (χ2v) is 4.72. The van der Waals surface area contributed by atoms with Crippen LogP contribution in [0.15, 0.2) is 11.4 Å². The van der Waals surface area contributed by atoms with E-state index in [1.54, 1.807) is 13.8 Å². The van der Waals surface area contributed by atoms with Crippen molar-refractivity contribution in [2.45, 2.75) is 20.0 Å². The van der Waals surface area contributed by atoms with Gasteiger partial charge in [-0.05, 0) is 19.9 Å². The van der Waals surface area contributed by atoms with Gasteiger partial charge in [-0.25, -0.2) is 4.79 Å². The van der Waals surface area contributed by atoms with Gasteiger partial charge in [-0.3, -0.25) is 9.09 Å². The minimum Gasteiger partial charge on any atom is -0.465 e. The highest BCUT2D eigenvalue weighted by Crippen LogP contribution is 2.61. The van der Waals surface area contributed by atoms with Crippen LogP contribution in [0.5, 0.6) is 0 Å². The Labute approximate surface area is 82.6 Å². The van der Waals surface area contributed by atoms with Crippen LogP contribution in [0, 0.1) is 0 Å². The van der Waals surface area contributed by atoms with Gasteiger partial charge in [-0.1, -0.05) is 0 Å². The number of methoxy groups -OCH3 is 1. The molecule has 0 saturated heterocycles. The highest BCUT2D eigenvalue weighted by molar-refractivity contribution is 7.60. The van der Waals surface area contributed by atoms with Crippen molar-refractivity contribution in [2.75, 3.05) is 13.7 Å². The van der Waals surface area contributed by atoms with Crippen LogP contribution in [0.3, 0.4) is 0 Å². The molecule has 2 unspecified atom stereocenters. The highest BCUT2D eigenvalue weighted by Gasteiger charge is 2.42. The molecule has 6 heteroatoms. The maximum absolute atomic E-state index is 11.9. The normalized spacial score (nSPS) is 31.4. The van der Waals surface area contributed by atoms with Gasteiger partial charge in [0.25, 0.3) is 0 Å². The molecule has 1 rings (SSSR count). The number of hydrogen-bond donors (Lipinski definition) is 0. The van der Waals surface area contributed by atoms with Crippen molar-refractivity contribution in [3.05, 3.63) is 11.4 Å². The summed E-state index contributed by atoms with van der Waals surface area (Å²) in [6.07, 6.45) is 1.07. The molecule has 0 spiro atoms. The predicted molar refractivity (Wildman–Crippen MR) is 49.9 cm³/mol. The first-order valence-corrected chi connectivity index (χ1v) is 5.81. The summed E-state index contributed by atoms with van der Waals surface area (Å²) in [6.45, 7) is 3.58. The molecule has 0 N–H and O–H groups in total. The average molecular weight is 220 g/mol. The Kier molecular flexibility index (Phi) is 3.48. The fraction of sp³-hybridized carbons (Fsp3) is 0.625. The summed E-state index contributed by atoms with van der Waals surface area (Å²) in [6, 6.07) is 0. The molecule has 0 aliphatic carbocycles. The quantitative estimate of drug-likeness (QED) is 0.535. The second kappa shape index (κ2) is 4.26. The van der Waals surface area contributed by atoms with E-state index in [0.717, 1.165) is 0 Å². The first-order chi connectivity index (χ1) is 6.53. The van der Waals surface area contributed by atoms with Crippen molar-refractivity contribution >= 4 is 13.6 Å². The molecule has 1 heterocycles. The van der Waals surface area contributed by atoms with E-state index in [-0.39, 0.29) is 18.0 Å². The molecule has 0 aromatic carbocycles. The van der Waals surface area contributed by atoms with E-state index in [0.29, 0.717) is 0 Å². The van der Waals surface area contributed by atoms with E-state index in [9.17, 15) is 9.36 Å². The summed E-state index contributed by atoms with van der Waals surface area (Å²) in [4.78, 5) is 11.2. The van der Waals surface area contributed by atoms with E-state index in [4.69, 9.17) is 9.05 Å². The SMILES string of the molecule is CCOP1(=O)OC(C)C=C1C(=O)OC. The van der Waals surface area contributed by atoms with Crippen LogP contribution in [0.4, 0.5) is 0 Å². The van der Waals surface area contributed by atoms with E-state index in [1.807, 2.05) is 0 Å². The Morgan fingerprint density at radius 3 is 2.86 bits per heavy atom. The molecule has 2 atom stereocenters. The van der Waals surface area contributed by atoms with Crippen molar-refractivity contribution in [1.82, 2.24) is 0 Å². The van der Waals surface area contributed by atoms with Gasteiger partial charge in [0, 0.05) is 0 Å². The lowest BCUT2D eigenvalue weighted by atomic mass is 10.3. The van der Waals surface area contributed by atoms with Gasteiger partial charge >= 0.3 is 13.6 Å². The van der Waals surface area contributed by atoms with Crippen LogP contribution in [-0.2, 0) is 23.1 Å². The van der Waals surface area contributed by atoms with Crippen LogP contribution in [0.2, 0.25) is 0 Å². The van der Waals surface area contributed by atoms with Crippen molar-refractivity contribution < 1.29 is 23.1 Å². The number of ether oxygens (including phenoxy) is 1. The van der Waals surface area contributed by atoms with Crippen LogP contribution in [0.25, 0.3) is 0 Å². The Bertz CT molecular complexity index is 309. The molecule has 1 aliphatic rings. The molecule has 14 heavy (non-hydrogen) atoms. The Morgan fingerprint density at radius 1 is 1.71 bits per heavy atom. The lowest BCUT2D eigenvalue weighted by Crippen LogP contribution is -2.05. The van der Waals surface area contributed by atoms with Crippen LogP contribution < -0.4 is 0 Å². The van der Waals surface area contributed by atoms with Crippen LogP contribution >= 0.6 is 7.60 Å². The van der Waals surface area contributed by atoms with Gasteiger partial charge < -0.3 is 9.26 Å². The maximum atomic E-state index is 11.9. The molecule has 0 amide bonds. The zero-order valence-corrected chi connectivity index (χ0v) is 9.24. The molecule has 80 valence electrons. The Morgan fingerprint density at radius 2 is 2.36 bits per heavy atom. The van der Waals surface area contributed by atoms with E-state index < -0.39 is 13.6 Å². The maximum Gasteiger partial charge on any atom is 0.369 e. The van der Waals surface area contributed by atoms with E-state index in [1.165, 1.54) is 13.2 Å². The number of hydrogen-bond acceptors (Lipinski definition) is 5. The topological polar surface area (TPSA) is 61.8 Å². The smallest absolute Gasteiger partial charge is 0.369 e. The van der Waals surface area contributed by atoms with E-state index >= 15 is 0 Å². The number of esters is 1. The van der Waals surface area contributed by atoms with Gasteiger partial charge in [0.05, 0.1) is 19.8 Å². The monoisotopic (exact) mass is 220 g/mol. The summed E-state index contributed by atoms with van der Waals surface area (Å²) >= 11 is 0. The Balaban J connectivity index is 2.94. The minimum absolute atomic E-state index is 0.00523. The molecule has 0 bridgehead atoms. The molecule has 0 radical (unpaired) electrons. The van der Waals surface area contributed by atoms with Gasteiger partial charge in [-0.2, -0.15) is 0 Å². The van der Waals surface area contributed by atoms with Gasteiger partial charge in [0.2, 0.25) is 0 Å². The standard InChI is InChI=1S/C8H13O5P/c1-4-12-14(10)7(8(9)11-3)5-6(2)13-14/h5-6H,4H2,1-3H3. The lowest BCUT2D eigenvalue weighted by Gasteiger charge is -2.13. The fourth-order valence-corrected chi connectivity index (χ4v) is 3.03. The average Bonchev–Trinajstić information content (AvgIpc) is 2.41. The zero-order valence-electron chi connectivity index (χ0n) is 8.35. The summed E-state index contributed by atoms with van der Waals surface area (Å²) in [5, 5.41) is -0.00523. The molecule has 0 aromatic rings. The predicted octanol–water partition coefficient (Wildman–Crippen LogP) is 1.69. The third kappa shape index (κ3) is 2.05. The largest absolute Gasteiger partial charge is 0.465 e. The number of rotatable bonds is 3. The molecule has 1 aliphatic heterocycles. The fourth-order valence-electron chi connectivity index (χ4n) is 1.17. The van der Waals surface area contributed by atoms with Crippen LogP contribution in [0.1, 0.15) is 13.8 Å². The van der Waals surface area contributed by atoms with E-state index in [2.05, 4.69) is 4.74 Å². The third-order valence-corrected chi connectivity index (χ3v) is 3.82. The highest BCUT2D eigenvalue weighted by atomic mass is 31.2. The molecule has 0 aromatic heterocycles. The van der Waals surface area contributed by atoms with Gasteiger partial charge in [0.15, 0.2) is 0 Å². The minimum atomic E-state index is -3.42. The van der Waals surface area contributed by atoms with Crippen molar-refractivity contribution in [3.8, 4) is 0 Å². The summed E-state index contributed by atoms with van der Waals surface area (Å²) in [5.74, 6) is -0.661. The zero-order chi connectivity index (χ0) is 10.8. The molecule has 0 saturated carbocycles.